The number of aromatic nitrogens is 1. The van der Waals surface area contributed by atoms with Crippen molar-refractivity contribution in [1.82, 2.24) is 10.6 Å². The van der Waals surface area contributed by atoms with Crippen LogP contribution in [0, 0.1) is 6.92 Å². The molecule has 0 atom stereocenters. The van der Waals surface area contributed by atoms with Crippen molar-refractivity contribution in [3.63, 3.8) is 0 Å². The van der Waals surface area contributed by atoms with E-state index in [1.54, 1.807) is 24.3 Å². The van der Waals surface area contributed by atoms with Crippen molar-refractivity contribution in [1.29, 1.82) is 0 Å². The highest BCUT2D eigenvalue weighted by molar-refractivity contribution is 6.30. The lowest BCUT2D eigenvalue weighted by molar-refractivity contribution is -0.123. The summed E-state index contributed by atoms with van der Waals surface area (Å²) in [6.07, 6.45) is 1.52. The maximum absolute atomic E-state index is 12.1. The summed E-state index contributed by atoms with van der Waals surface area (Å²) in [5.74, 6) is 0.589. The number of ether oxygens (including phenoxy) is 1. The molecule has 27 heavy (non-hydrogen) atoms. The third-order valence-electron chi connectivity index (χ3n) is 3.82. The van der Waals surface area contributed by atoms with Crippen LogP contribution in [-0.2, 0) is 4.79 Å². The normalized spacial score (nSPS) is 11.3. The molecular weight excluding hydrogens is 366 g/mol. The first-order chi connectivity index (χ1) is 13.0. The molecular formula is C20H18ClN3O3. The maximum Gasteiger partial charge on any atom is 0.277 e. The zero-order valence-electron chi connectivity index (χ0n) is 14.9. The largest absolute Gasteiger partial charge is 0.483 e. The van der Waals surface area contributed by atoms with E-state index in [9.17, 15) is 4.79 Å². The van der Waals surface area contributed by atoms with Gasteiger partial charge in [-0.25, -0.2) is 5.43 Å². The third-order valence-corrected chi connectivity index (χ3v) is 4.06. The Labute approximate surface area is 161 Å². The van der Waals surface area contributed by atoms with Gasteiger partial charge in [0.05, 0.1) is 17.5 Å². The Morgan fingerprint density at radius 3 is 2.70 bits per heavy atom. The molecule has 6 nitrogen and oxygen atoms in total. The molecule has 0 aliphatic carbocycles. The fourth-order valence-electron chi connectivity index (χ4n) is 2.36. The molecule has 0 aliphatic rings. The number of nitrogens with zero attached hydrogens (tertiary/aromatic N) is 2. The number of amides is 1. The van der Waals surface area contributed by atoms with E-state index in [1.165, 1.54) is 6.20 Å². The minimum Gasteiger partial charge on any atom is -0.483 e. The number of hydrogen-bond donors (Lipinski definition) is 1. The molecule has 1 aromatic heterocycles. The van der Waals surface area contributed by atoms with Crippen LogP contribution in [0.3, 0.4) is 0 Å². The van der Waals surface area contributed by atoms with Crippen LogP contribution in [0.1, 0.15) is 18.1 Å². The number of carbonyl (C=O) groups excluding carboxylic acids is 1. The van der Waals surface area contributed by atoms with Gasteiger partial charge in [0, 0.05) is 11.1 Å². The molecule has 0 fully saturated rings. The molecule has 1 amide bonds. The fraction of sp³-hybridized carbons (Fsp3) is 0.150. The van der Waals surface area contributed by atoms with Crippen LogP contribution in [0.2, 0.25) is 5.02 Å². The Balaban J connectivity index is 1.63. The molecule has 0 aliphatic heterocycles. The SMILES string of the molecule is C/C(=N\NC(=O)COc1ccc(Cl)cc1-c1ccno1)c1ccc(C)cc1. The maximum atomic E-state index is 12.1. The van der Waals surface area contributed by atoms with Gasteiger partial charge in [0.25, 0.3) is 5.91 Å². The van der Waals surface area contributed by atoms with E-state index in [2.05, 4.69) is 15.7 Å². The summed E-state index contributed by atoms with van der Waals surface area (Å²) >= 11 is 6.03. The predicted octanol–water partition coefficient (Wildman–Crippen LogP) is 4.22. The monoisotopic (exact) mass is 383 g/mol. The second-order valence-corrected chi connectivity index (χ2v) is 6.34. The summed E-state index contributed by atoms with van der Waals surface area (Å²) in [5, 5.41) is 8.31. The molecule has 3 rings (SSSR count). The number of nitrogens with one attached hydrogen (secondary N) is 1. The number of rotatable bonds is 6. The van der Waals surface area contributed by atoms with Crippen molar-refractivity contribution >= 4 is 23.2 Å². The van der Waals surface area contributed by atoms with Gasteiger partial charge in [0.2, 0.25) is 0 Å². The highest BCUT2D eigenvalue weighted by Crippen LogP contribution is 2.32. The molecule has 7 heteroatoms. The predicted molar refractivity (Wildman–Crippen MR) is 104 cm³/mol. The van der Waals surface area contributed by atoms with Crippen LogP contribution >= 0.6 is 11.6 Å². The minimum absolute atomic E-state index is 0.201. The third kappa shape index (κ3) is 4.95. The van der Waals surface area contributed by atoms with Gasteiger partial charge in [-0.15, -0.1) is 0 Å². The second-order valence-electron chi connectivity index (χ2n) is 5.90. The summed E-state index contributed by atoms with van der Waals surface area (Å²) in [6, 6.07) is 14.6. The molecule has 0 saturated heterocycles. The van der Waals surface area contributed by atoms with E-state index >= 15 is 0 Å². The van der Waals surface area contributed by atoms with E-state index in [0.29, 0.717) is 27.8 Å². The van der Waals surface area contributed by atoms with Crippen molar-refractivity contribution in [3.05, 3.63) is 70.9 Å². The lowest BCUT2D eigenvalue weighted by Crippen LogP contribution is -2.25. The van der Waals surface area contributed by atoms with Gasteiger partial charge in [-0.05, 0) is 37.6 Å². The Kier molecular flexibility index (Phi) is 5.88. The molecule has 0 radical (unpaired) electrons. The van der Waals surface area contributed by atoms with Gasteiger partial charge in [0.1, 0.15) is 5.75 Å². The Hall–Kier alpha value is -3.12. The van der Waals surface area contributed by atoms with E-state index < -0.39 is 0 Å². The van der Waals surface area contributed by atoms with Gasteiger partial charge >= 0.3 is 0 Å². The average Bonchev–Trinajstić information content (AvgIpc) is 3.20. The van der Waals surface area contributed by atoms with Crippen molar-refractivity contribution in [3.8, 4) is 17.1 Å². The molecule has 0 spiro atoms. The summed E-state index contributed by atoms with van der Waals surface area (Å²) in [6.45, 7) is 3.64. The Bertz CT molecular complexity index is 951. The zero-order valence-corrected chi connectivity index (χ0v) is 15.7. The van der Waals surface area contributed by atoms with Gasteiger partial charge in [-0.2, -0.15) is 5.10 Å². The summed E-state index contributed by atoms with van der Waals surface area (Å²) in [4.78, 5) is 12.1. The van der Waals surface area contributed by atoms with Crippen molar-refractivity contribution < 1.29 is 14.1 Å². The number of aryl methyl sites for hydroxylation is 1. The number of carbonyl (C=O) groups is 1. The lowest BCUT2D eigenvalue weighted by atomic mass is 10.1. The molecule has 1 N–H and O–H groups in total. The molecule has 0 unspecified atom stereocenters. The van der Waals surface area contributed by atoms with Crippen LogP contribution in [0.5, 0.6) is 5.75 Å². The lowest BCUT2D eigenvalue weighted by Gasteiger charge is -2.09. The van der Waals surface area contributed by atoms with E-state index in [0.717, 1.165) is 11.1 Å². The van der Waals surface area contributed by atoms with Gasteiger partial charge in [-0.3, -0.25) is 4.79 Å². The fourth-order valence-corrected chi connectivity index (χ4v) is 2.53. The molecule has 3 aromatic rings. The summed E-state index contributed by atoms with van der Waals surface area (Å²) < 4.78 is 10.8. The van der Waals surface area contributed by atoms with Gasteiger partial charge in [0.15, 0.2) is 12.4 Å². The quantitative estimate of drug-likeness (QED) is 0.510. The Morgan fingerprint density at radius 2 is 2.00 bits per heavy atom. The van der Waals surface area contributed by atoms with Crippen LogP contribution in [0.15, 0.2) is 64.4 Å². The van der Waals surface area contributed by atoms with Gasteiger partial charge < -0.3 is 9.26 Å². The van der Waals surface area contributed by atoms with Crippen molar-refractivity contribution in [2.24, 2.45) is 5.10 Å². The van der Waals surface area contributed by atoms with Gasteiger partial charge in [-0.1, -0.05) is 46.6 Å². The molecule has 2 aromatic carbocycles. The second kappa shape index (κ2) is 8.51. The topological polar surface area (TPSA) is 76.7 Å². The first-order valence-corrected chi connectivity index (χ1v) is 8.64. The molecule has 0 saturated carbocycles. The molecule has 1 heterocycles. The van der Waals surface area contributed by atoms with Crippen LogP contribution in [0.4, 0.5) is 0 Å². The van der Waals surface area contributed by atoms with E-state index in [-0.39, 0.29) is 12.5 Å². The van der Waals surface area contributed by atoms with Crippen LogP contribution < -0.4 is 10.2 Å². The Morgan fingerprint density at radius 1 is 1.22 bits per heavy atom. The van der Waals surface area contributed by atoms with Crippen molar-refractivity contribution in [2.45, 2.75) is 13.8 Å². The number of benzene rings is 2. The number of hydrogen-bond acceptors (Lipinski definition) is 5. The van der Waals surface area contributed by atoms with Crippen LogP contribution in [-0.4, -0.2) is 23.4 Å². The first kappa shape index (κ1) is 18.7. The smallest absolute Gasteiger partial charge is 0.277 e. The summed E-state index contributed by atoms with van der Waals surface area (Å²) in [5.41, 5.74) is 5.92. The summed E-state index contributed by atoms with van der Waals surface area (Å²) in [7, 11) is 0. The van der Waals surface area contributed by atoms with Crippen molar-refractivity contribution in [2.75, 3.05) is 6.61 Å². The standard InChI is InChI=1S/C20H18ClN3O3/c1-13-3-5-15(6-4-13)14(2)23-24-20(25)12-26-18-8-7-16(21)11-17(18)19-9-10-22-27-19/h3-11H,12H2,1-2H3,(H,24,25)/b23-14+. The first-order valence-electron chi connectivity index (χ1n) is 8.26. The number of halogens is 1. The number of hydrazone groups is 1. The van der Waals surface area contributed by atoms with E-state index in [4.69, 9.17) is 20.9 Å². The van der Waals surface area contributed by atoms with E-state index in [1.807, 2.05) is 38.1 Å². The van der Waals surface area contributed by atoms with Crippen LogP contribution in [0.25, 0.3) is 11.3 Å². The molecule has 138 valence electrons. The molecule has 0 bridgehead atoms. The minimum atomic E-state index is -0.375. The average molecular weight is 384 g/mol. The highest BCUT2D eigenvalue weighted by atomic mass is 35.5. The highest BCUT2D eigenvalue weighted by Gasteiger charge is 2.12. The zero-order chi connectivity index (χ0) is 19.2.